The molecule has 0 bridgehead atoms. The van der Waals surface area contributed by atoms with E-state index in [9.17, 15) is 14.4 Å². The standard InChI is InChI=1S/C24H16ClNO4/c25-20-10-3-4-11-21(20)26-22(27)14-30-16-7-5-6-15(12-16)13-19-23(28)17-8-1-2-9-18(17)24(19)29/h1-13H,14H2,(H,26,27). The van der Waals surface area contributed by atoms with Gasteiger partial charge in [0, 0.05) is 11.1 Å². The first-order valence-electron chi connectivity index (χ1n) is 9.20. The van der Waals surface area contributed by atoms with Crippen molar-refractivity contribution in [2.24, 2.45) is 0 Å². The number of carbonyl (C=O) groups excluding carboxylic acids is 3. The summed E-state index contributed by atoms with van der Waals surface area (Å²) in [5, 5.41) is 3.11. The maximum Gasteiger partial charge on any atom is 0.262 e. The van der Waals surface area contributed by atoms with Gasteiger partial charge in [-0.15, -0.1) is 0 Å². The average Bonchev–Trinajstić information content (AvgIpc) is 2.99. The van der Waals surface area contributed by atoms with Crippen LogP contribution in [0.2, 0.25) is 5.02 Å². The number of para-hydroxylation sites is 1. The van der Waals surface area contributed by atoms with Gasteiger partial charge in [-0.25, -0.2) is 0 Å². The SMILES string of the molecule is O=C(COc1cccc(C=C2C(=O)c3ccccc3C2=O)c1)Nc1ccccc1Cl. The van der Waals surface area contributed by atoms with Gasteiger partial charge in [0.15, 0.2) is 18.2 Å². The molecule has 148 valence electrons. The number of nitrogens with one attached hydrogen (secondary N) is 1. The van der Waals surface area contributed by atoms with Crippen LogP contribution in [0.25, 0.3) is 6.08 Å². The Kier molecular flexibility index (Phi) is 5.46. The highest BCUT2D eigenvalue weighted by atomic mass is 35.5. The van der Waals surface area contributed by atoms with Crippen LogP contribution in [0.1, 0.15) is 26.3 Å². The predicted molar refractivity (Wildman–Crippen MR) is 115 cm³/mol. The van der Waals surface area contributed by atoms with Crippen LogP contribution in [0, 0.1) is 0 Å². The van der Waals surface area contributed by atoms with E-state index in [2.05, 4.69) is 5.32 Å². The number of amides is 1. The molecule has 0 spiro atoms. The highest BCUT2D eigenvalue weighted by molar-refractivity contribution is 6.41. The van der Waals surface area contributed by atoms with Crippen LogP contribution in [-0.2, 0) is 4.79 Å². The number of anilines is 1. The van der Waals surface area contributed by atoms with E-state index >= 15 is 0 Å². The molecular weight excluding hydrogens is 402 g/mol. The Labute approximate surface area is 177 Å². The smallest absolute Gasteiger partial charge is 0.262 e. The van der Waals surface area contributed by atoms with Crippen molar-refractivity contribution in [1.29, 1.82) is 0 Å². The minimum atomic E-state index is -0.358. The van der Waals surface area contributed by atoms with E-state index in [-0.39, 0.29) is 29.7 Å². The topological polar surface area (TPSA) is 72.5 Å². The summed E-state index contributed by atoms with van der Waals surface area (Å²) in [6.07, 6.45) is 1.54. The van der Waals surface area contributed by atoms with E-state index in [0.717, 1.165) is 0 Å². The molecule has 4 rings (SSSR count). The number of carbonyl (C=O) groups is 3. The summed E-state index contributed by atoms with van der Waals surface area (Å²) in [7, 11) is 0. The molecule has 5 nitrogen and oxygen atoms in total. The highest BCUT2D eigenvalue weighted by Gasteiger charge is 2.32. The maximum atomic E-state index is 12.5. The van der Waals surface area contributed by atoms with Gasteiger partial charge in [0.05, 0.1) is 16.3 Å². The number of halogens is 1. The van der Waals surface area contributed by atoms with Gasteiger partial charge in [-0.3, -0.25) is 14.4 Å². The number of benzene rings is 3. The van der Waals surface area contributed by atoms with Crippen LogP contribution < -0.4 is 10.1 Å². The third-order valence-electron chi connectivity index (χ3n) is 4.59. The van der Waals surface area contributed by atoms with Crippen molar-refractivity contribution in [3.8, 4) is 5.75 Å². The number of ketones is 2. The largest absolute Gasteiger partial charge is 0.484 e. The fourth-order valence-electron chi connectivity index (χ4n) is 3.16. The second kappa shape index (κ2) is 8.35. The molecule has 0 saturated heterocycles. The molecule has 0 aliphatic heterocycles. The van der Waals surface area contributed by atoms with Crippen LogP contribution in [0.4, 0.5) is 5.69 Å². The molecule has 0 saturated carbocycles. The number of allylic oxidation sites excluding steroid dienone is 1. The number of Topliss-reactive ketones (excluding diaryl/α,β-unsaturated/α-hetero) is 2. The van der Waals surface area contributed by atoms with Crippen LogP contribution in [-0.4, -0.2) is 24.1 Å². The van der Waals surface area contributed by atoms with E-state index in [4.69, 9.17) is 16.3 Å². The molecule has 0 fully saturated rings. The minimum absolute atomic E-state index is 0.116. The second-order valence-corrected chi connectivity index (χ2v) is 7.06. The molecule has 6 heteroatoms. The normalized spacial score (nSPS) is 12.5. The molecular formula is C24H16ClNO4. The molecule has 1 aliphatic rings. The van der Waals surface area contributed by atoms with Crippen molar-refractivity contribution >= 4 is 40.8 Å². The van der Waals surface area contributed by atoms with Gasteiger partial charge < -0.3 is 10.1 Å². The monoisotopic (exact) mass is 417 g/mol. The zero-order valence-corrected chi connectivity index (χ0v) is 16.5. The van der Waals surface area contributed by atoms with E-state index in [1.165, 1.54) is 0 Å². The van der Waals surface area contributed by atoms with Crippen molar-refractivity contribution in [1.82, 2.24) is 0 Å². The third kappa shape index (κ3) is 4.02. The zero-order valence-electron chi connectivity index (χ0n) is 15.7. The van der Waals surface area contributed by atoms with Gasteiger partial charge in [0.25, 0.3) is 5.91 Å². The number of fused-ring (bicyclic) bond motifs is 1. The molecule has 0 atom stereocenters. The van der Waals surface area contributed by atoms with E-state index in [1.54, 1.807) is 78.9 Å². The maximum absolute atomic E-state index is 12.5. The minimum Gasteiger partial charge on any atom is -0.484 e. The van der Waals surface area contributed by atoms with Crippen LogP contribution >= 0.6 is 11.6 Å². The second-order valence-electron chi connectivity index (χ2n) is 6.65. The number of ether oxygens (including phenoxy) is 1. The molecule has 0 radical (unpaired) electrons. The Balaban J connectivity index is 1.45. The van der Waals surface area contributed by atoms with Crippen molar-refractivity contribution < 1.29 is 19.1 Å². The molecule has 3 aromatic carbocycles. The summed E-state index contributed by atoms with van der Waals surface area (Å²) < 4.78 is 5.55. The van der Waals surface area contributed by atoms with E-state index in [1.807, 2.05) is 0 Å². The molecule has 0 unspecified atom stereocenters. The van der Waals surface area contributed by atoms with Gasteiger partial charge >= 0.3 is 0 Å². The van der Waals surface area contributed by atoms with Crippen molar-refractivity contribution in [2.45, 2.75) is 0 Å². The summed E-state index contributed by atoms with van der Waals surface area (Å²) >= 11 is 6.03. The highest BCUT2D eigenvalue weighted by Crippen LogP contribution is 2.28. The van der Waals surface area contributed by atoms with Gasteiger partial charge in [0.1, 0.15) is 5.75 Å². The lowest BCUT2D eigenvalue weighted by Crippen LogP contribution is -2.20. The van der Waals surface area contributed by atoms with Crippen LogP contribution in [0.3, 0.4) is 0 Å². The fraction of sp³-hybridized carbons (Fsp3) is 0.0417. The van der Waals surface area contributed by atoms with Crippen molar-refractivity contribution in [3.05, 3.63) is 100 Å². The van der Waals surface area contributed by atoms with Crippen molar-refractivity contribution in [3.63, 3.8) is 0 Å². The molecule has 1 aliphatic carbocycles. The van der Waals surface area contributed by atoms with E-state index in [0.29, 0.717) is 33.1 Å². The molecule has 30 heavy (non-hydrogen) atoms. The Morgan fingerprint density at radius 2 is 1.57 bits per heavy atom. The Morgan fingerprint density at radius 1 is 0.900 bits per heavy atom. The average molecular weight is 418 g/mol. The summed E-state index contributed by atoms with van der Waals surface area (Å²) in [4.78, 5) is 37.2. The van der Waals surface area contributed by atoms with Crippen LogP contribution in [0.5, 0.6) is 5.75 Å². The molecule has 0 aromatic heterocycles. The Morgan fingerprint density at radius 3 is 2.27 bits per heavy atom. The van der Waals surface area contributed by atoms with Gasteiger partial charge in [-0.2, -0.15) is 0 Å². The van der Waals surface area contributed by atoms with Gasteiger partial charge in [-0.05, 0) is 35.9 Å². The molecule has 1 amide bonds. The number of hydrogen-bond acceptors (Lipinski definition) is 4. The Bertz CT molecular complexity index is 1160. The predicted octanol–water partition coefficient (Wildman–Crippen LogP) is 4.82. The lowest BCUT2D eigenvalue weighted by Gasteiger charge is -2.09. The molecule has 1 N–H and O–H groups in total. The summed E-state index contributed by atoms with van der Waals surface area (Å²) in [5.41, 5.74) is 2.08. The zero-order chi connectivity index (χ0) is 21.1. The lowest BCUT2D eigenvalue weighted by molar-refractivity contribution is -0.118. The third-order valence-corrected chi connectivity index (χ3v) is 4.92. The first-order valence-corrected chi connectivity index (χ1v) is 9.58. The van der Waals surface area contributed by atoms with E-state index < -0.39 is 0 Å². The quantitative estimate of drug-likeness (QED) is 0.477. The van der Waals surface area contributed by atoms with Gasteiger partial charge in [0.2, 0.25) is 0 Å². The summed E-state index contributed by atoms with van der Waals surface area (Å²) in [6.45, 7) is -0.214. The lowest BCUT2D eigenvalue weighted by atomic mass is 10.1. The fourth-order valence-corrected chi connectivity index (χ4v) is 3.35. The Hall–Kier alpha value is -3.70. The molecule has 3 aromatic rings. The summed E-state index contributed by atoms with van der Waals surface area (Å²) in [5.74, 6) is -0.500. The first-order chi connectivity index (χ1) is 14.5. The van der Waals surface area contributed by atoms with Crippen molar-refractivity contribution in [2.75, 3.05) is 11.9 Å². The van der Waals surface area contributed by atoms with Gasteiger partial charge in [-0.1, -0.05) is 60.1 Å². The van der Waals surface area contributed by atoms with Crippen LogP contribution in [0.15, 0.2) is 78.4 Å². The number of rotatable bonds is 5. The number of hydrogen-bond donors (Lipinski definition) is 1. The molecule has 0 heterocycles. The summed E-state index contributed by atoms with van der Waals surface area (Å²) in [6, 6.07) is 20.5. The first kappa shape index (κ1) is 19.6.